The van der Waals surface area contributed by atoms with Gasteiger partial charge in [-0.15, -0.1) is 13.2 Å². The lowest BCUT2D eigenvalue weighted by atomic mass is 10.2. The molecule has 33 heavy (non-hydrogen) atoms. The van der Waals surface area contributed by atoms with Gasteiger partial charge in [0.25, 0.3) is 0 Å². The van der Waals surface area contributed by atoms with Gasteiger partial charge in [0.05, 0.1) is 5.69 Å². The van der Waals surface area contributed by atoms with Crippen molar-refractivity contribution in [2.24, 2.45) is 0 Å². The average Bonchev–Trinajstić information content (AvgIpc) is 3.31. The Balaban J connectivity index is 1.38. The molecule has 0 aliphatic carbocycles. The fraction of sp³-hybridized carbons (Fsp3) is 0.0476. The number of halogens is 3. The van der Waals surface area contributed by atoms with Crippen LogP contribution in [0.3, 0.4) is 0 Å². The Morgan fingerprint density at radius 3 is 2.42 bits per heavy atom. The van der Waals surface area contributed by atoms with Crippen molar-refractivity contribution in [3.63, 3.8) is 0 Å². The van der Waals surface area contributed by atoms with Gasteiger partial charge in [-0.3, -0.25) is 0 Å². The van der Waals surface area contributed by atoms with Crippen LogP contribution in [0.2, 0.25) is 0 Å². The second-order valence-electron chi connectivity index (χ2n) is 6.54. The highest BCUT2D eigenvalue weighted by molar-refractivity contribution is 6.00. The maximum atomic E-state index is 12.5. The van der Waals surface area contributed by atoms with Crippen molar-refractivity contribution < 1.29 is 22.7 Å². The highest BCUT2D eigenvalue weighted by Crippen LogP contribution is 2.30. The van der Waals surface area contributed by atoms with Crippen LogP contribution in [0.15, 0.2) is 79.4 Å². The highest BCUT2D eigenvalue weighted by Gasteiger charge is 2.32. The molecule has 4 aromatic rings. The average molecular weight is 455 g/mol. The fourth-order valence-corrected chi connectivity index (χ4v) is 2.80. The highest BCUT2D eigenvalue weighted by atomic mass is 19.4. The number of ether oxygens (including phenoxy) is 1. The Kier molecular flexibility index (Phi) is 6.06. The number of carbonyl (C=O) groups excluding carboxylic acids is 1. The molecule has 0 spiro atoms. The van der Waals surface area contributed by atoms with Crippen molar-refractivity contribution >= 4 is 28.9 Å². The van der Waals surface area contributed by atoms with E-state index < -0.39 is 18.1 Å². The number of carbonyl (C=O) groups is 1. The van der Waals surface area contributed by atoms with E-state index in [4.69, 9.17) is 0 Å². The number of urea groups is 1. The van der Waals surface area contributed by atoms with Crippen LogP contribution in [-0.2, 0) is 0 Å². The van der Waals surface area contributed by atoms with Gasteiger partial charge >= 0.3 is 12.4 Å². The molecule has 0 radical (unpaired) electrons. The van der Waals surface area contributed by atoms with Gasteiger partial charge in [0.2, 0.25) is 0 Å². The SMILES string of the molecule is O=C(Nc1ccc(Nc2cc(-n3cccn3)ncn2)cc1)Nc1ccccc1OC(F)(F)F. The molecule has 0 aliphatic rings. The van der Waals surface area contributed by atoms with Crippen LogP contribution in [-0.4, -0.2) is 32.1 Å². The van der Waals surface area contributed by atoms with Gasteiger partial charge in [-0.05, 0) is 42.5 Å². The summed E-state index contributed by atoms with van der Waals surface area (Å²) in [5, 5.41) is 12.1. The summed E-state index contributed by atoms with van der Waals surface area (Å²) in [5.41, 5.74) is 0.990. The van der Waals surface area contributed by atoms with E-state index in [1.807, 2.05) is 0 Å². The first-order valence-electron chi connectivity index (χ1n) is 9.48. The Bertz CT molecular complexity index is 1230. The standard InChI is InChI=1S/C21H16F3N7O2/c22-21(23,24)33-17-5-2-1-4-16(17)30-20(32)29-15-8-6-14(7-9-15)28-18-12-19(26-13-25-18)31-11-3-10-27-31/h1-13H,(H,25,26,28)(H2,29,30,32). The van der Waals surface area contributed by atoms with E-state index in [0.29, 0.717) is 23.0 Å². The van der Waals surface area contributed by atoms with Gasteiger partial charge < -0.3 is 20.7 Å². The molecular weight excluding hydrogens is 439 g/mol. The first-order valence-corrected chi connectivity index (χ1v) is 9.48. The molecule has 0 saturated carbocycles. The number of para-hydroxylation sites is 2. The van der Waals surface area contributed by atoms with Gasteiger partial charge in [0.15, 0.2) is 11.6 Å². The summed E-state index contributed by atoms with van der Waals surface area (Å²) < 4.78 is 43.1. The summed E-state index contributed by atoms with van der Waals surface area (Å²) in [6.45, 7) is 0. The third-order valence-electron chi connectivity index (χ3n) is 4.17. The molecule has 3 N–H and O–H groups in total. The lowest BCUT2D eigenvalue weighted by Crippen LogP contribution is -2.22. The molecule has 0 fully saturated rings. The van der Waals surface area contributed by atoms with Gasteiger partial charge in [0.1, 0.15) is 12.1 Å². The molecule has 2 aromatic heterocycles. The quantitative estimate of drug-likeness (QED) is 0.380. The lowest BCUT2D eigenvalue weighted by Gasteiger charge is -2.14. The van der Waals surface area contributed by atoms with Gasteiger partial charge in [-0.2, -0.15) is 5.10 Å². The summed E-state index contributed by atoms with van der Waals surface area (Å²) in [7, 11) is 0. The maximum absolute atomic E-state index is 12.5. The van der Waals surface area contributed by atoms with Gasteiger partial charge in [0, 0.05) is 29.8 Å². The molecular formula is C21H16F3N7O2. The molecule has 0 bridgehead atoms. The smallest absolute Gasteiger partial charge is 0.404 e. The second-order valence-corrected chi connectivity index (χ2v) is 6.54. The van der Waals surface area contributed by atoms with Crippen molar-refractivity contribution in [3.8, 4) is 11.6 Å². The van der Waals surface area contributed by atoms with E-state index in [2.05, 4.69) is 35.8 Å². The van der Waals surface area contributed by atoms with E-state index in [1.54, 1.807) is 53.5 Å². The van der Waals surface area contributed by atoms with Crippen molar-refractivity contribution in [2.45, 2.75) is 6.36 Å². The molecule has 2 aromatic carbocycles. The number of nitrogens with one attached hydrogen (secondary N) is 3. The first-order chi connectivity index (χ1) is 15.9. The normalized spacial score (nSPS) is 11.0. The summed E-state index contributed by atoms with van der Waals surface area (Å²) in [4.78, 5) is 20.5. The summed E-state index contributed by atoms with van der Waals surface area (Å²) in [6.07, 6.45) is -0.0792. The van der Waals surface area contributed by atoms with E-state index in [9.17, 15) is 18.0 Å². The third-order valence-corrected chi connectivity index (χ3v) is 4.17. The number of hydrogen-bond acceptors (Lipinski definition) is 6. The first kappa shape index (κ1) is 21.6. The Morgan fingerprint density at radius 2 is 1.70 bits per heavy atom. The molecule has 0 aliphatic heterocycles. The predicted octanol–water partition coefficient (Wildman–Crippen LogP) is 4.95. The molecule has 12 heteroatoms. The minimum atomic E-state index is -4.88. The largest absolute Gasteiger partial charge is 0.573 e. The topological polar surface area (TPSA) is 106 Å². The predicted molar refractivity (Wildman–Crippen MR) is 115 cm³/mol. The molecule has 2 heterocycles. The van der Waals surface area contributed by atoms with Gasteiger partial charge in [-0.1, -0.05) is 12.1 Å². The Hall–Kier alpha value is -4.61. The molecule has 0 atom stereocenters. The Morgan fingerprint density at radius 1 is 0.939 bits per heavy atom. The number of aromatic nitrogens is 4. The molecule has 9 nitrogen and oxygen atoms in total. The van der Waals surface area contributed by atoms with E-state index in [-0.39, 0.29) is 5.69 Å². The molecule has 2 amide bonds. The van der Waals surface area contributed by atoms with Crippen molar-refractivity contribution in [1.82, 2.24) is 19.7 Å². The van der Waals surface area contributed by atoms with E-state index in [1.165, 1.54) is 24.5 Å². The molecule has 4 rings (SSSR count). The minimum absolute atomic E-state index is 0.123. The van der Waals surface area contributed by atoms with E-state index >= 15 is 0 Å². The minimum Gasteiger partial charge on any atom is -0.404 e. The molecule has 168 valence electrons. The number of alkyl halides is 3. The number of anilines is 4. The zero-order valence-corrected chi connectivity index (χ0v) is 16.7. The van der Waals surface area contributed by atoms with Crippen LogP contribution < -0.4 is 20.7 Å². The summed E-state index contributed by atoms with van der Waals surface area (Å²) in [6, 6.07) is 14.7. The number of benzene rings is 2. The van der Waals surface area contributed by atoms with Crippen LogP contribution in [0.1, 0.15) is 0 Å². The van der Waals surface area contributed by atoms with Crippen LogP contribution in [0.5, 0.6) is 5.75 Å². The van der Waals surface area contributed by atoms with Crippen LogP contribution >= 0.6 is 0 Å². The van der Waals surface area contributed by atoms with Crippen LogP contribution in [0.25, 0.3) is 5.82 Å². The Labute approximate surface area is 185 Å². The number of amides is 2. The van der Waals surface area contributed by atoms with Crippen LogP contribution in [0.4, 0.5) is 40.8 Å². The monoisotopic (exact) mass is 455 g/mol. The molecule has 0 saturated heterocycles. The maximum Gasteiger partial charge on any atom is 0.573 e. The fourth-order valence-electron chi connectivity index (χ4n) is 2.80. The second kappa shape index (κ2) is 9.26. The summed E-state index contributed by atoms with van der Waals surface area (Å²) in [5.74, 6) is 0.608. The lowest BCUT2D eigenvalue weighted by molar-refractivity contribution is -0.274. The van der Waals surface area contributed by atoms with Crippen molar-refractivity contribution in [2.75, 3.05) is 16.0 Å². The third kappa shape index (κ3) is 5.97. The number of hydrogen-bond donors (Lipinski definition) is 3. The zero-order valence-electron chi connectivity index (χ0n) is 16.7. The van der Waals surface area contributed by atoms with Crippen LogP contribution in [0, 0.1) is 0 Å². The summed E-state index contributed by atoms with van der Waals surface area (Å²) >= 11 is 0. The van der Waals surface area contributed by atoms with Gasteiger partial charge in [-0.25, -0.2) is 19.4 Å². The molecule has 0 unspecified atom stereocenters. The van der Waals surface area contributed by atoms with Crippen molar-refractivity contribution in [1.29, 1.82) is 0 Å². The van der Waals surface area contributed by atoms with Crippen molar-refractivity contribution in [3.05, 3.63) is 79.4 Å². The number of rotatable bonds is 6. The van der Waals surface area contributed by atoms with E-state index in [0.717, 1.165) is 6.07 Å². The number of nitrogens with zero attached hydrogens (tertiary/aromatic N) is 4. The zero-order chi connectivity index (χ0) is 23.3.